The van der Waals surface area contributed by atoms with Crippen molar-refractivity contribution < 1.29 is 18.7 Å². The molecule has 1 aromatic carbocycles. The van der Waals surface area contributed by atoms with Crippen molar-refractivity contribution in [3.05, 3.63) is 46.4 Å². The van der Waals surface area contributed by atoms with Gasteiger partial charge in [-0.05, 0) is 54.0 Å². The predicted octanol–water partition coefficient (Wildman–Crippen LogP) is 4.12. The van der Waals surface area contributed by atoms with E-state index >= 15 is 0 Å². The van der Waals surface area contributed by atoms with Crippen LogP contribution in [0.25, 0.3) is 0 Å². The summed E-state index contributed by atoms with van der Waals surface area (Å²) in [7, 11) is 0. The summed E-state index contributed by atoms with van der Waals surface area (Å²) in [6, 6.07) is 8.33. The highest BCUT2D eigenvalue weighted by molar-refractivity contribution is 7.99. The van der Waals surface area contributed by atoms with E-state index < -0.39 is 11.7 Å². The lowest BCUT2D eigenvalue weighted by atomic mass is 10.2. The second kappa shape index (κ2) is 8.35. The van der Waals surface area contributed by atoms with Crippen LogP contribution in [-0.4, -0.2) is 54.8 Å². The molecular weight excluding hydrogens is 437 g/mol. The first-order valence-corrected chi connectivity index (χ1v) is 12.6. The Hall–Kier alpha value is -2.26. The molecule has 3 heterocycles. The van der Waals surface area contributed by atoms with E-state index in [-0.39, 0.29) is 17.8 Å². The van der Waals surface area contributed by atoms with Gasteiger partial charge in [-0.3, -0.25) is 9.69 Å². The largest absolute Gasteiger partial charge is 0.438 e. The Morgan fingerprint density at radius 1 is 1.23 bits per heavy atom. The minimum absolute atomic E-state index is 0.159. The number of amides is 2. The Kier molecular flexibility index (Phi) is 5.56. The fraction of sp³-hybridized carbons (Fsp3) is 0.455. The summed E-state index contributed by atoms with van der Waals surface area (Å²) in [6.45, 7) is 1.98. The van der Waals surface area contributed by atoms with Gasteiger partial charge in [0.15, 0.2) is 5.60 Å². The van der Waals surface area contributed by atoms with E-state index in [1.165, 1.54) is 22.3 Å². The summed E-state index contributed by atoms with van der Waals surface area (Å²) >= 11 is 3.32. The summed E-state index contributed by atoms with van der Waals surface area (Å²) in [5, 5.41) is 4.79. The highest BCUT2D eigenvalue weighted by Crippen LogP contribution is 2.46. The van der Waals surface area contributed by atoms with Gasteiger partial charge in [0.1, 0.15) is 5.82 Å². The van der Waals surface area contributed by atoms with E-state index in [0.717, 1.165) is 37.4 Å². The molecule has 2 atom stereocenters. The van der Waals surface area contributed by atoms with E-state index in [4.69, 9.17) is 4.74 Å². The predicted molar refractivity (Wildman–Crippen MR) is 122 cm³/mol. The second-order valence-electron chi connectivity index (χ2n) is 8.17. The Balaban J connectivity index is 1.26. The molecule has 1 N–H and O–H groups in total. The van der Waals surface area contributed by atoms with Gasteiger partial charge in [0.05, 0.1) is 28.8 Å². The lowest BCUT2D eigenvalue weighted by Crippen LogP contribution is -2.34. The fourth-order valence-corrected chi connectivity index (χ4v) is 5.77. The lowest BCUT2D eigenvalue weighted by molar-refractivity contribution is 0.0913. The van der Waals surface area contributed by atoms with Gasteiger partial charge in [0.2, 0.25) is 0 Å². The number of hydrogen-bond acceptors (Lipinski definition) is 6. The van der Waals surface area contributed by atoms with Crippen LogP contribution >= 0.6 is 23.1 Å². The number of anilines is 2. The van der Waals surface area contributed by atoms with Crippen LogP contribution in [0.3, 0.4) is 0 Å². The molecule has 2 saturated heterocycles. The van der Waals surface area contributed by atoms with Crippen LogP contribution in [0.4, 0.5) is 20.6 Å². The lowest BCUT2D eigenvalue weighted by Gasteiger charge is -2.27. The Morgan fingerprint density at radius 2 is 2.03 bits per heavy atom. The third-order valence-corrected chi connectivity index (χ3v) is 8.05. The molecule has 1 unspecified atom stereocenters. The average Bonchev–Trinajstić information content (AvgIpc) is 3.09. The maximum absolute atomic E-state index is 15.0. The van der Waals surface area contributed by atoms with Gasteiger partial charge in [0.25, 0.3) is 5.91 Å². The van der Waals surface area contributed by atoms with Crippen molar-refractivity contribution in [1.82, 2.24) is 5.32 Å². The van der Waals surface area contributed by atoms with Crippen molar-refractivity contribution in [2.45, 2.75) is 30.9 Å². The zero-order chi connectivity index (χ0) is 21.4. The standard InChI is InChI=1S/C22H24FN3O3S2/c23-16-12-15(5-6-17(16)25-7-2-9-30-10-3-8-25)26-14-22(29-21(26)28)13-19(22)24-20(27)18-4-1-11-31-18/h1,4-6,11-12,19H,2-3,7-10,13-14H2,(H,24,27)/t19-,22?/m0/s1. The topological polar surface area (TPSA) is 61.9 Å². The molecular formula is C22H24FN3O3S2. The van der Waals surface area contributed by atoms with Crippen LogP contribution in [0.2, 0.25) is 0 Å². The van der Waals surface area contributed by atoms with Gasteiger partial charge in [-0.2, -0.15) is 11.8 Å². The van der Waals surface area contributed by atoms with Gasteiger partial charge in [-0.25, -0.2) is 9.18 Å². The SMILES string of the molecule is O=C(N[C@H]1CC12CN(c1ccc(N3CCCSCCC3)c(F)c1)C(=O)O2)c1cccs1. The zero-order valence-corrected chi connectivity index (χ0v) is 18.6. The van der Waals surface area contributed by atoms with Crippen LogP contribution in [0, 0.1) is 5.82 Å². The molecule has 2 aromatic rings. The molecule has 2 amide bonds. The highest BCUT2D eigenvalue weighted by atomic mass is 32.2. The summed E-state index contributed by atoms with van der Waals surface area (Å²) in [5.41, 5.74) is 0.353. The van der Waals surface area contributed by atoms with E-state index in [9.17, 15) is 14.0 Å². The summed E-state index contributed by atoms with van der Waals surface area (Å²) in [6.07, 6.45) is 2.14. The number of nitrogens with zero attached hydrogens (tertiary/aromatic N) is 2. The smallest absolute Gasteiger partial charge is 0.415 e. The van der Waals surface area contributed by atoms with E-state index in [2.05, 4.69) is 10.2 Å². The Bertz CT molecular complexity index is 978. The normalized spacial score (nSPS) is 25.8. The van der Waals surface area contributed by atoms with Crippen molar-refractivity contribution in [3.8, 4) is 0 Å². The maximum Gasteiger partial charge on any atom is 0.415 e. The van der Waals surface area contributed by atoms with Gasteiger partial charge < -0.3 is 15.0 Å². The zero-order valence-electron chi connectivity index (χ0n) is 17.0. The molecule has 1 aliphatic carbocycles. The minimum atomic E-state index is -0.722. The van der Waals surface area contributed by atoms with Gasteiger partial charge in [-0.15, -0.1) is 11.3 Å². The number of carbonyl (C=O) groups excluding carboxylic acids is 2. The Labute approximate surface area is 188 Å². The number of benzene rings is 1. The average molecular weight is 462 g/mol. The maximum atomic E-state index is 15.0. The molecule has 1 spiro atoms. The Morgan fingerprint density at radius 3 is 2.74 bits per heavy atom. The molecule has 31 heavy (non-hydrogen) atoms. The fourth-order valence-electron chi connectivity index (χ4n) is 4.27. The second-order valence-corrected chi connectivity index (χ2v) is 10.3. The number of nitrogens with one attached hydrogen (secondary N) is 1. The summed E-state index contributed by atoms with van der Waals surface area (Å²) in [5.74, 6) is 1.72. The number of ether oxygens (including phenoxy) is 1. The highest BCUT2D eigenvalue weighted by Gasteiger charge is 2.64. The molecule has 6 nitrogen and oxygen atoms in total. The molecule has 1 saturated carbocycles. The van der Waals surface area contributed by atoms with Crippen molar-refractivity contribution in [2.75, 3.05) is 40.9 Å². The van der Waals surface area contributed by atoms with E-state index in [1.54, 1.807) is 18.2 Å². The number of carbonyl (C=O) groups is 2. The molecule has 9 heteroatoms. The van der Waals surface area contributed by atoms with Crippen molar-refractivity contribution in [1.29, 1.82) is 0 Å². The van der Waals surface area contributed by atoms with Gasteiger partial charge in [0, 0.05) is 19.5 Å². The third-order valence-electron chi connectivity index (χ3n) is 6.03. The summed E-state index contributed by atoms with van der Waals surface area (Å²) in [4.78, 5) is 29.0. The van der Waals surface area contributed by atoms with Crippen molar-refractivity contribution in [2.24, 2.45) is 0 Å². The molecule has 1 aromatic heterocycles. The molecule has 3 aliphatic rings. The van der Waals surface area contributed by atoms with Crippen LogP contribution in [0.1, 0.15) is 28.9 Å². The first-order chi connectivity index (χ1) is 15.1. The van der Waals surface area contributed by atoms with Crippen LogP contribution < -0.4 is 15.1 Å². The number of hydrogen-bond donors (Lipinski definition) is 1. The number of halogens is 1. The molecule has 164 valence electrons. The molecule has 0 bridgehead atoms. The summed E-state index contributed by atoms with van der Waals surface area (Å²) < 4.78 is 20.6. The molecule has 3 fully saturated rings. The first-order valence-electron chi connectivity index (χ1n) is 10.5. The van der Waals surface area contributed by atoms with Crippen LogP contribution in [0.5, 0.6) is 0 Å². The molecule has 0 radical (unpaired) electrons. The number of thiophene rings is 1. The molecule has 5 rings (SSSR count). The van der Waals surface area contributed by atoms with Crippen LogP contribution in [-0.2, 0) is 4.74 Å². The van der Waals surface area contributed by atoms with Crippen LogP contribution in [0.15, 0.2) is 35.7 Å². The van der Waals surface area contributed by atoms with Crippen molar-refractivity contribution in [3.63, 3.8) is 0 Å². The monoisotopic (exact) mass is 461 g/mol. The first kappa shape index (κ1) is 20.6. The van der Waals surface area contributed by atoms with Gasteiger partial charge in [-0.1, -0.05) is 6.07 Å². The third kappa shape index (κ3) is 4.13. The number of rotatable bonds is 4. The van der Waals surface area contributed by atoms with Gasteiger partial charge >= 0.3 is 6.09 Å². The van der Waals surface area contributed by atoms with E-state index in [0.29, 0.717) is 29.2 Å². The van der Waals surface area contributed by atoms with Crippen molar-refractivity contribution >= 4 is 46.5 Å². The quantitative estimate of drug-likeness (QED) is 0.742. The van der Waals surface area contributed by atoms with E-state index in [1.807, 2.05) is 23.2 Å². The molecule has 2 aliphatic heterocycles. The number of thioether (sulfide) groups is 1. The minimum Gasteiger partial charge on any atom is -0.438 e.